The van der Waals surface area contributed by atoms with Crippen molar-refractivity contribution < 1.29 is 9.84 Å². The van der Waals surface area contributed by atoms with Crippen molar-refractivity contribution in [1.29, 1.82) is 0 Å². The number of nitrogens with zero attached hydrogens (tertiary/aromatic N) is 1. The smallest absolute Gasteiger partial charge is 0.157 e. The number of ether oxygens (including phenoxy) is 1. The lowest BCUT2D eigenvalue weighted by Gasteiger charge is -2.22. The van der Waals surface area contributed by atoms with E-state index in [0.717, 1.165) is 10.2 Å². The number of aliphatic hydroxyl groups is 1. The molecule has 1 unspecified atom stereocenters. The van der Waals surface area contributed by atoms with Gasteiger partial charge >= 0.3 is 0 Å². The average Bonchev–Trinajstić information content (AvgIpc) is 2.07. The molecule has 0 amide bonds. The summed E-state index contributed by atoms with van der Waals surface area (Å²) in [6, 6.07) is 1.89. The summed E-state index contributed by atoms with van der Waals surface area (Å²) in [6.07, 6.45) is 0.135. The zero-order chi connectivity index (χ0) is 9.42. The maximum Gasteiger partial charge on any atom is 0.157 e. The van der Waals surface area contributed by atoms with Gasteiger partial charge in [-0.2, -0.15) is 0 Å². The summed E-state index contributed by atoms with van der Waals surface area (Å²) in [5, 5.41) is 9.65. The minimum atomic E-state index is -0.486. The van der Waals surface area contributed by atoms with Gasteiger partial charge in [-0.3, -0.25) is 4.98 Å². The minimum absolute atomic E-state index is 0.486. The van der Waals surface area contributed by atoms with Crippen molar-refractivity contribution in [2.75, 3.05) is 6.61 Å². The fourth-order valence-corrected chi connectivity index (χ4v) is 2.07. The van der Waals surface area contributed by atoms with Crippen LogP contribution in [0.25, 0.3) is 0 Å². The van der Waals surface area contributed by atoms with Gasteiger partial charge in [0.05, 0.1) is 11.1 Å². The van der Waals surface area contributed by atoms with Crippen molar-refractivity contribution in [3.8, 4) is 5.75 Å². The molecule has 1 aliphatic heterocycles. The molecule has 13 heavy (non-hydrogen) atoms. The first-order valence-corrected chi connectivity index (χ1v) is 4.95. The van der Waals surface area contributed by atoms with E-state index in [1.165, 1.54) is 0 Å². The zero-order valence-electron chi connectivity index (χ0n) is 7.25. The van der Waals surface area contributed by atoms with E-state index in [4.69, 9.17) is 4.74 Å². The first kappa shape index (κ1) is 8.97. The molecule has 0 aromatic carbocycles. The second kappa shape index (κ2) is 3.27. The number of fused-ring (bicyclic) bond motifs is 1. The summed E-state index contributed by atoms with van der Waals surface area (Å²) in [5.74, 6) is 0.685. The Morgan fingerprint density at radius 3 is 3.23 bits per heavy atom. The Balaban J connectivity index is 2.56. The second-order valence-electron chi connectivity index (χ2n) is 3.11. The average molecular weight is 244 g/mol. The van der Waals surface area contributed by atoms with Crippen molar-refractivity contribution in [3.63, 3.8) is 0 Å². The Labute approximate surface area is 84.9 Å². The molecule has 70 valence electrons. The summed E-state index contributed by atoms with van der Waals surface area (Å²) in [4.78, 5) is 4.25. The Kier molecular flexibility index (Phi) is 2.26. The maximum absolute atomic E-state index is 9.65. The van der Waals surface area contributed by atoms with Gasteiger partial charge in [-0.15, -0.1) is 0 Å². The molecule has 0 bridgehead atoms. The van der Waals surface area contributed by atoms with Crippen molar-refractivity contribution in [1.82, 2.24) is 4.98 Å². The third kappa shape index (κ3) is 1.56. The van der Waals surface area contributed by atoms with Crippen LogP contribution < -0.4 is 4.74 Å². The largest absolute Gasteiger partial charge is 0.490 e. The predicted octanol–water partition coefficient (Wildman–Crippen LogP) is 1.97. The fraction of sp³-hybridized carbons (Fsp3) is 0.444. The molecule has 2 rings (SSSR count). The third-order valence-electron chi connectivity index (χ3n) is 2.04. The number of hydrogen-bond donors (Lipinski definition) is 1. The molecule has 1 aromatic rings. The van der Waals surface area contributed by atoms with E-state index in [1.54, 1.807) is 0 Å². The van der Waals surface area contributed by atoms with Gasteiger partial charge in [0.2, 0.25) is 0 Å². The van der Waals surface area contributed by atoms with Crippen LogP contribution in [0.1, 0.15) is 23.9 Å². The lowest BCUT2D eigenvalue weighted by molar-refractivity contribution is 0.109. The molecule has 0 saturated heterocycles. The van der Waals surface area contributed by atoms with Gasteiger partial charge in [-0.1, -0.05) is 0 Å². The molecule has 1 N–H and O–H groups in total. The highest BCUT2D eigenvalue weighted by molar-refractivity contribution is 9.10. The summed E-state index contributed by atoms with van der Waals surface area (Å²) < 4.78 is 6.28. The molecule has 1 aromatic heterocycles. The highest BCUT2D eigenvalue weighted by atomic mass is 79.9. The van der Waals surface area contributed by atoms with Crippen LogP contribution in [-0.2, 0) is 0 Å². The van der Waals surface area contributed by atoms with E-state index in [9.17, 15) is 5.11 Å². The normalized spacial score (nSPS) is 20.7. The van der Waals surface area contributed by atoms with Gasteiger partial charge in [0.1, 0.15) is 11.8 Å². The SMILES string of the molecule is Cc1cc(Br)c2c(n1)C(O)CCO2. The molecule has 1 aliphatic rings. The molecule has 0 aliphatic carbocycles. The number of aliphatic hydroxyl groups excluding tert-OH is 1. The van der Waals surface area contributed by atoms with Crippen LogP contribution in [0.3, 0.4) is 0 Å². The van der Waals surface area contributed by atoms with E-state index < -0.39 is 6.10 Å². The predicted molar refractivity (Wildman–Crippen MR) is 51.7 cm³/mol. The Bertz CT molecular complexity index is 341. The monoisotopic (exact) mass is 243 g/mol. The summed E-state index contributed by atoms with van der Waals surface area (Å²) >= 11 is 3.38. The first-order chi connectivity index (χ1) is 6.18. The minimum Gasteiger partial charge on any atom is -0.490 e. The van der Waals surface area contributed by atoms with Crippen LogP contribution in [-0.4, -0.2) is 16.7 Å². The van der Waals surface area contributed by atoms with E-state index in [2.05, 4.69) is 20.9 Å². The lowest BCUT2D eigenvalue weighted by atomic mass is 10.1. The standard InChI is InChI=1S/C9H10BrNO2/c1-5-4-6(10)9-8(11-5)7(12)2-3-13-9/h4,7,12H,2-3H2,1H3. The molecular formula is C9H10BrNO2. The van der Waals surface area contributed by atoms with Crippen LogP contribution in [0.2, 0.25) is 0 Å². The van der Waals surface area contributed by atoms with Crippen molar-refractivity contribution >= 4 is 15.9 Å². The zero-order valence-corrected chi connectivity index (χ0v) is 8.84. The van der Waals surface area contributed by atoms with E-state index in [0.29, 0.717) is 24.5 Å². The topological polar surface area (TPSA) is 42.4 Å². The van der Waals surface area contributed by atoms with Crippen LogP contribution in [0.4, 0.5) is 0 Å². The van der Waals surface area contributed by atoms with Crippen molar-refractivity contribution in [2.24, 2.45) is 0 Å². The summed E-state index contributed by atoms with van der Waals surface area (Å²) in [6.45, 7) is 2.45. The van der Waals surface area contributed by atoms with Crippen LogP contribution >= 0.6 is 15.9 Å². The molecular weight excluding hydrogens is 234 g/mol. The molecule has 4 heteroatoms. The van der Waals surface area contributed by atoms with Crippen molar-refractivity contribution in [2.45, 2.75) is 19.4 Å². The Hall–Kier alpha value is -0.610. The summed E-state index contributed by atoms with van der Waals surface area (Å²) in [5.41, 5.74) is 1.54. The number of halogens is 1. The molecule has 2 heterocycles. The Morgan fingerprint density at radius 2 is 2.46 bits per heavy atom. The highest BCUT2D eigenvalue weighted by Crippen LogP contribution is 2.36. The van der Waals surface area contributed by atoms with Crippen LogP contribution in [0.5, 0.6) is 5.75 Å². The maximum atomic E-state index is 9.65. The number of pyridine rings is 1. The second-order valence-corrected chi connectivity index (χ2v) is 3.97. The number of hydrogen-bond acceptors (Lipinski definition) is 3. The molecule has 0 radical (unpaired) electrons. The van der Waals surface area contributed by atoms with E-state index >= 15 is 0 Å². The highest BCUT2D eigenvalue weighted by Gasteiger charge is 2.23. The molecule has 3 nitrogen and oxygen atoms in total. The van der Waals surface area contributed by atoms with E-state index in [1.807, 2.05) is 13.0 Å². The van der Waals surface area contributed by atoms with Crippen molar-refractivity contribution in [3.05, 3.63) is 21.9 Å². The third-order valence-corrected chi connectivity index (χ3v) is 2.62. The molecule has 0 saturated carbocycles. The van der Waals surface area contributed by atoms with Crippen LogP contribution in [0, 0.1) is 6.92 Å². The van der Waals surface area contributed by atoms with Gasteiger partial charge in [0.25, 0.3) is 0 Å². The van der Waals surface area contributed by atoms with Crippen LogP contribution in [0.15, 0.2) is 10.5 Å². The van der Waals surface area contributed by atoms with Gasteiger partial charge < -0.3 is 9.84 Å². The van der Waals surface area contributed by atoms with Gasteiger partial charge in [0, 0.05) is 12.1 Å². The summed E-state index contributed by atoms with van der Waals surface area (Å²) in [7, 11) is 0. The Morgan fingerprint density at radius 1 is 1.69 bits per heavy atom. The van der Waals surface area contributed by atoms with Gasteiger partial charge in [0.15, 0.2) is 5.75 Å². The molecule has 0 spiro atoms. The molecule has 1 atom stereocenters. The van der Waals surface area contributed by atoms with E-state index in [-0.39, 0.29) is 0 Å². The quantitative estimate of drug-likeness (QED) is 0.758. The first-order valence-electron chi connectivity index (χ1n) is 4.16. The number of aromatic nitrogens is 1. The van der Waals surface area contributed by atoms with Gasteiger partial charge in [-0.05, 0) is 28.9 Å². The molecule has 0 fully saturated rings. The lowest BCUT2D eigenvalue weighted by Crippen LogP contribution is -2.16. The fourth-order valence-electron chi connectivity index (χ4n) is 1.42. The van der Waals surface area contributed by atoms with Gasteiger partial charge in [-0.25, -0.2) is 0 Å². The number of rotatable bonds is 0. The number of aryl methyl sites for hydroxylation is 1.